The lowest BCUT2D eigenvalue weighted by Gasteiger charge is -2.14. The molecule has 0 spiro atoms. The molecule has 0 atom stereocenters. The molecular weight excluding hydrogens is 446 g/mol. The Labute approximate surface area is 193 Å². The summed E-state index contributed by atoms with van der Waals surface area (Å²) in [5, 5.41) is 10.4. The van der Waals surface area contributed by atoms with Crippen molar-refractivity contribution in [3.63, 3.8) is 0 Å². The van der Waals surface area contributed by atoms with Crippen LogP contribution in [0.3, 0.4) is 0 Å². The average Bonchev–Trinajstić information content (AvgIpc) is 2.82. The van der Waals surface area contributed by atoms with Gasteiger partial charge in [-0.1, -0.05) is 30.4 Å². The van der Waals surface area contributed by atoms with Gasteiger partial charge in [-0.3, -0.25) is 4.72 Å². The number of hydrogen-bond donors (Lipinski definition) is 2. The van der Waals surface area contributed by atoms with E-state index in [1.54, 1.807) is 48.6 Å². The van der Waals surface area contributed by atoms with Crippen LogP contribution in [-0.2, 0) is 10.0 Å². The van der Waals surface area contributed by atoms with Crippen molar-refractivity contribution in [2.24, 2.45) is 0 Å². The van der Waals surface area contributed by atoms with Crippen LogP contribution in [0.1, 0.15) is 11.1 Å². The number of ether oxygens (including phenoxy) is 4. The zero-order chi connectivity index (χ0) is 24.0. The van der Waals surface area contributed by atoms with Crippen molar-refractivity contribution in [3.05, 3.63) is 65.7 Å². The number of methoxy groups -OCH3 is 4. The molecule has 2 N–H and O–H groups in total. The van der Waals surface area contributed by atoms with E-state index in [1.807, 2.05) is 0 Å². The molecule has 0 saturated carbocycles. The number of benzene rings is 3. The summed E-state index contributed by atoms with van der Waals surface area (Å²) >= 11 is 0. The third-order valence-corrected chi connectivity index (χ3v) is 6.13. The second kappa shape index (κ2) is 10.2. The Morgan fingerprint density at radius 3 is 1.82 bits per heavy atom. The minimum atomic E-state index is -3.88. The Hall–Kier alpha value is -3.85. The predicted molar refractivity (Wildman–Crippen MR) is 127 cm³/mol. The lowest BCUT2D eigenvalue weighted by Crippen LogP contribution is -2.13. The number of hydrogen-bond acceptors (Lipinski definition) is 7. The lowest BCUT2D eigenvalue weighted by molar-refractivity contribution is 0.324. The van der Waals surface area contributed by atoms with Gasteiger partial charge in [0, 0.05) is 0 Å². The summed E-state index contributed by atoms with van der Waals surface area (Å²) in [5.41, 5.74) is 1.38. The summed E-state index contributed by atoms with van der Waals surface area (Å²) in [5.74, 6) is 1.25. The van der Waals surface area contributed by atoms with Crippen molar-refractivity contribution in [2.45, 2.75) is 4.90 Å². The summed E-state index contributed by atoms with van der Waals surface area (Å²) in [7, 11) is 2.04. The normalized spacial score (nSPS) is 11.3. The van der Waals surface area contributed by atoms with Gasteiger partial charge < -0.3 is 24.1 Å². The van der Waals surface area contributed by atoms with Crippen LogP contribution in [0.4, 0.5) is 5.69 Å². The maximum absolute atomic E-state index is 12.8. The van der Waals surface area contributed by atoms with E-state index in [2.05, 4.69) is 4.72 Å². The van der Waals surface area contributed by atoms with Crippen molar-refractivity contribution in [1.29, 1.82) is 0 Å². The molecule has 0 aliphatic heterocycles. The Balaban J connectivity index is 1.99. The first-order chi connectivity index (χ1) is 15.8. The van der Waals surface area contributed by atoms with E-state index in [0.29, 0.717) is 22.8 Å². The molecule has 0 bridgehead atoms. The SMILES string of the molecule is COc1cc(/C=C\c2cc(O)c(OC)c(NS(=O)(=O)c3ccccc3)c2)cc(OC)c1OC. The molecule has 0 fully saturated rings. The van der Waals surface area contributed by atoms with Crippen molar-refractivity contribution < 1.29 is 32.5 Å². The zero-order valence-corrected chi connectivity index (χ0v) is 19.5. The third kappa shape index (κ3) is 5.32. The molecule has 0 aliphatic rings. The quantitative estimate of drug-likeness (QED) is 0.446. The number of sulfonamides is 1. The summed E-state index contributed by atoms with van der Waals surface area (Å²) in [4.78, 5) is 0.0879. The smallest absolute Gasteiger partial charge is 0.262 e. The Morgan fingerprint density at radius 1 is 0.758 bits per heavy atom. The van der Waals surface area contributed by atoms with E-state index in [4.69, 9.17) is 18.9 Å². The third-order valence-electron chi connectivity index (χ3n) is 4.75. The van der Waals surface area contributed by atoms with E-state index >= 15 is 0 Å². The topological polar surface area (TPSA) is 103 Å². The number of phenolic OH excluding ortho intramolecular Hbond substituents is 1. The molecule has 3 aromatic carbocycles. The van der Waals surface area contributed by atoms with Gasteiger partial charge in [0.05, 0.1) is 39.0 Å². The molecule has 0 saturated heterocycles. The van der Waals surface area contributed by atoms with Gasteiger partial charge >= 0.3 is 0 Å². The Bertz CT molecular complexity index is 1230. The first-order valence-electron chi connectivity index (χ1n) is 9.80. The van der Waals surface area contributed by atoms with Gasteiger partial charge in [0.2, 0.25) is 5.75 Å². The largest absolute Gasteiger partial charge is 0.504 e. The Kier molecular flexibility index (Phi) is 7.34. The standard InChI is InChI=1S/C24H25NO7S/c1-29-21-14-17(15-22(30-2)24(21)32-4)11-10-16-12-19(23(31-3)20(26)13-16)25-33(27,28)18-8-6-5-7-9-18/h5-15,25-26H,1-4H3/b11-10-. The first-order valence-corrected chi connectivity index (χ1v) is 11.3. The van der Waals surface area contributed by atoms with Gasteiger partial charge in [-0.05, 0) is 47.5 Å². The summed E-state index contributed by atoms with van der Waals surface area (Å²) in [6, 6.07) is 14.5. The molecule has 174 valence electrons. The first kappa shape index (κ1) is 23.8. The van der Waals surface area contributed by atoms with Crippen LogP contribution < -0.4 is 23.7 Å². The highest BCUT2D eigenvalue weighted by molar-refractivity contribution is 7.92. The van der Waals surface area contributed by atoms with Crippen LogP contribution in [-0.4, -0.2) is 42.0 Å². The number of aromatic hydroxyl groups is 1. The molecule has 0 aromatic heterocycles. The summed E-state index contributed by atoms with van der Waals surface area (Å²) < 4.78 is 49.3. The highest BCUT2D eigenvalue weighted by Crippen LogP contribution is 2.40. The van der Waals surface area contributed by atoms with Crippen LogP contribution in [0.5, 0.6) is 28.7 Å². The minimum absolute atomic E-state index is 0.0134. The maximum atomic E-state index is 12.8. The Morgan fingerprint density at radius 2 is 1.30 bits per heavy atom. The predicted octanol–water partition coefficient (Wildman–Crippen LogP) is 4.40. The molecule has 0 amide bonds. The highest BCUT2D eigenvalue weighted by atomic mass is 32.2. The zero-order valence-electron chi connectivity index (χ0n) is 18.7. The molecule has 9 heteroatoms. The van der Waals surface area contributed by atoms with E-state index < -0.39 is 10.0 Å². The van der Waals surface area contributed by atoms with Gasteiger partial charge in [0.1, 0.15) is 0 Å². The van der Waals surface area contributed by atoms with Gasteiger partial charge in [-0.25, -0.2) is 8.42 Å². The van der Waals surface area contributed by atoms with Crippen molar-refractivity contribution in [3.8, 4) is 28.7 Å². The van der Waals surface area contributed by atoms with E-state index in [1.165, 1.54) is 46.6 Å². The molecule has 3 rings (SSSR count). The molecule has 0 unspecified atom stereocenters. The fourth-order valence-corrected chi connectivity index (χ4v) is 4.29. The van der Waals surface area contributed by atoms with E-state index in [0.717, 1.165) is 5.56 Å². The van der Waals surface area contributed by atoms with Crippen LogP contribution in [0.2, 0.25) is 0 Å². The average molecular weight is 472 g/mol. The number of nitrogens with one attached hydrogen (secondary N) is 1. The molecule has 0 heterocycles. The molecular formula is C24H25NO7S. The molecule has 0 aliphatic carbocycles. The van der Waals surface area contributed by atoms with Gasteiger partial charge in [0.25, 0.3) is 10.0 Å². The summed E-state index contributed by atoms with van der Waals surface area (Å²) in [6.45, 7) is 0. The van der Waals surface area contributed by atoms with Crippen LogP contribution >= 0.6 is 0 Å². The van der Waals surface area contributed by atoms with E-state index in [9.17, 15) is 13.5 Å². The van der Waals surface area contributed by atoms with Crippen molar-refractivity contribution in [1.82, 2.24) is 0 Å². The van der Waals surface area contributed by atoms with Crippen LogP contribution in [0.15, 0.2) is 59.5 Å². The molecule has 3 aromatic rings. The van der Waals surface area contributed by atoms with Gasteiger partial charge in [-0.15, -0.1) is 0 Å². The molecule has 0 radical (unpaired) electrons. The van der Waals surface area contributed by atoms with E-state index in [-0.39, 0.29) is 22.1 Å². The van der Waals surface area contributed by atoms with Crippen LogP contribution in [0.25, 0.3) is 12.2 Å². The van der Waals surface area contributed by atoms with Gasteiger partial charge in [0.15, 0.2) is 23.0 Å². The number of anilines is 1. The molecule has 33 heavy (non-hydrogen) atoms. The lowest BCUT2D eigenvalue weighted by atomic mass is 10.1. The summed E-state index contributed by atoms with van der Waals surface area (Å²) in [6.07, 6.45) is 3.47. The second-order valence-corrected chi connectivity index (χ2v) is 8.51. The van der Waals surface area contributed by atoms with Crippen LogP contribution in [0, 0.1) is 0 Å². The molecule has 8 nitrogen and oxygen atoms in total. The number of phenols is 1. The van der Waals surface area contributed by atoms with Gasteiger partial charge in [-0.2, -0.15) is 0 Å². The fraction of sp³-hybridized carbons (Fsp3) is 0.167. The second-order valence-electron chi connectivity index (χ2n) is 6.83. The maximum Gasteiger partial charge on any atom is 0.262 e. The monoisotopic (exact) mass is 471 g/mol. The fourth-order valence-electron chi connectivity index (χ4n) is 3.22. The highest BCUT2D eigenvalue weighted by Gasteiger charge is 2.19. The van der Waals surface area contributed by atoms with Crippen molar-refractivity contribution >= 4 is 27.9 Å². The minimum Gasteiger partial charge on any atom is -0.504 e. The van der Waals surface area contributed by atoms with Crippen molar-refractivity contribution in [2.75, 3.05) is 33.2 Å². The number of rotatable bonds is 9.